The van der Waals surface area contributed by atoms with Crippen LogP contribution < -0.4 is 0 Å². The molecule has 0 saturated carbocycles. The van der Waals surface area contributed by atoms with Crippen LogP contribution in [0, 0.1) is 0 Å². The van der Waals surface area contributed by atoms with Gasteiger partial charge in [0.25, 0.3) is 0 Å². The van der Waals surface area contributed by atoms with Gasteiger partial charge in [-0.3, -0.25) is 0 Å². The van der Waals surface area contributed by atoms with Crippen molar-refractivity contribution in [3.05, 3.63) is 63.9 Å². The van der Waals surface area contributed by atoms with Crippen molar-refractivity contribution in [2.24, 2.45) is 0 Å². The van der Waals surface area contributed by atoms with Crippen LogP contribution in [0.25, 0.3) is 16.3 Å². The van der Waals surface area contributed by atoms with Gasteiger partial charge in [-0.15, -0.1) is 30.1 Å². The Morgan fingerprint density at radius 3 is 2.36 bits per heavy atom. The monoisotopic (exact) mass is 328 g/mol. The third-order valence-corrected chi connectivity index (χ3v) is 6.32. The second kappa shape index (κ2) is 5.80. The normalized spacial score (nSPS) is 19.7. The van der Waals surface area contributed by atoms with Gasteiger partial charge in [-0.1, -0.05) is 42.0 Å². The van der Waals surface area contributed by atoms with E-state index in [0.717, 1.165) is 22.3 Å². The van der Waals surface area contributed by atoms with Crippen LogP contribution in [-0.2, 0) is 5.60 Å². The highest BCUT2D eigenvalue weighted by Gasteiger charge is 2.43. The topological polar surface area (TPSA) is 20.2 Å². The highest BCUT2D eigenvalue weighted by molar-refractivity contribution is 8.21. The van der Waals surface area contributed by atoms with Crippen LogP contribution in [0.3, 0.4) is 0 Å². The molecule has 1 aliphatic rings. The van der Waals surface area contributed by atoms with Crippen molar-refractivity contribution in [1.29, 1.82) is 0 Å². The van der Waals surface area contributed by atoms with Gasteiger partial charge in [0.05, 0.1) is 0 Å². The van der Waals surface area contributed by atoms with Crippen molar-refractivity contribution in [2.75, 3.05) is 12.5 Å². The summed E-state index contributed by atoms with van der Waals surface area (Å²) >= 11 is 3.41. The zero-order chi connectivity index (χ0) is 15.9. The predicted molar refractivity (Wildman–Crippen MR) is 101 cm³/mol. The van der Waals surface area contributed by atoms with Crippen LogP contribution in [0.2, 0.25) is 0 Å². The highest BCUT2D eigenvalue weighted by atomic mass is 32.2. The van der Waals surface area contributed by atoms with Crippen LogP contribution in [-0.4, -0.2) is 17.6 Å². The van der Waals surface area contributed by atoms with E-state index in [1.807, 2.05) is 13.0 Å². The molecule has 3 rings (SSSR count). The fourth-order valence-electron chi connectivity index (χ4n) is 3.44. The van der Waals surface area contributed by atoms with Crippen LogP contribution >= 0.6 is 23.5 Å². The molecular formula is C19H20OS2. The molecule has 1 N–H and O–H groups in total. The van der Waals surface area contributed by atoms with Crippen molar-refractivity contribution < 1.29 is 5.11 Å². The number of thioether (sulfide) groups is 2. The lowest BCUT2D eigenvalue weighted by molar-refractivity contribution is 0.106. The van der Waals surface area contributed by atoms with Crippen LogP contribution in [0.15, 0.2) is 52.8 Å². The van der Waals surface area contributed by atoms with Crippen molar-refractivity contribution in [2.45, 2.75) is 18.9 Å². The van der Waals surface area contributed by atoms with Crippen molar-refractivity contribution in [3.63, 3.8) is 0 Å². The van der Waals surface area contributed by atoms with Gasteiger partial charge in [-0.2, -0.15) is 0 Å². The van der Waals surface area contributed by atoms with Crippen molar-refractivity contribution in [1.82, 2.24) is 0 Å². The third-order valence-electron chi connectivity index (χ3n) is 4.17. The third kappa shape index (κ3) is 2.23. The average Bonchev–Trinajstić information content (AvgIpc) is 2.73. The first kappa shape index (κ1) is 15.7. The maximum absolute atomic E-state index is 11.6. The predicted octanol–water partition coefficient (Wildman–Crippen LogP) is 5.40. The van der Waals surface area contributed by atoms with E-state index in [9.17, 15) is 5.11 Å². The molecule has 0 fully saturated rings. The number of hydrogen-bond acceptors (Lipinski definition) is 3. The maximum Gasteiger partial charge on any atom is 0.121 e. The summed E-state index contributed by atoms with van der Waals surface area (Å²) in [5.41, 5.74) is 3.24. The second-order valence-corrected chi connectivity index (χ2v) is 7.67. The van der Waals surface area contributed by atoms with Crippen LogP contribution in [0.4, 0.5) is 0 Å². The summed E-state index contributed by atoms with van der Waals surface area (Å²) in [5.74, 6) is 0. The first-order valence-corrected chi connectivity index (χ1v) is 9.70. The Morgan fingerprint density at radius 1 is 1.14 bits per heavy atom. The minimum Gasteiger partial charge on any atom is -0.380 e. The molecule has 1 atom stereocenters. The molecule has 0 amide bonds. The summed E-state index contributed by atoms with van der Waals surface area (Å²) in [6.45, 7) is 6.02. The molecule has 0 aliphatic heterocycles. The number of aliphatic hydroxyl groups is 1. The molecule has 2 aromatic rings. The summed E-state index contributed by atoms with van der Waals surface area (Å²) < 4.78 is 1.17. The van der Waals surface area contributed by atoms with Gasteiger partial charge in [0.2, 0.25) is 0 Å². The molecule has 0 heterocycles. The molecule has 0 radical (unpaired) electrons. The summed E-state index contributed by atoms with van der Waals surface area (Å²) in [4.78, 5) is 0. The summed E-state index contributed by atoms with van der Waals surface area (Å²) in [6, 6.07) is 12.5. The first-order chi connectivity index (χ1) is 10.5. The Morgan fingerprint density at radius 2 is 1.77 bits per heavy atom. The molecule has 0 bridgehead atoms. The minimum absolute atomic E-state index is 0.556. The number of hydrogen-bond donors (Lipinski definition) is 1. The van der Waals surface area contributed by atoms with Gasteiger partial charge in [-0.05, 0) is 41.3 Å². The van der Waals surface area contributed by atoms with Crippen molar-refractivity contribution in [3.8, 4) is 0 Å². The Kier molecular flexibility index (Phi) is 4.15. The molecule has 3 heteroatoms. The quantitative estimate of drug-likeness (QED) is 0.759. The second-order valence-electron chi connectivity index (χ2n) is 5.77. The molecule has 1 nitrogen and oxygen atoms in total. The lowest BCUT2D eigenvalue weighted by atomic mass is 9.85. The fraction of sp³-hybridized carbons (Fsp3) is 0.263. The molecule has 1 aliphatic carbocycles. The summed E-state index contributed by atoms with van der Waals surface area (Å²) in [6.07, 6.45) is 4.70. The SMILES string of the molecule is C=C(C)CC1(O)C(=C(SC)SC)c2cccc3cccc1c23. The number of benzene rings is 2. The average molecular weight is 329 g/mol. The Labute approximate surface area is 140 Å². The van der Waals surface area contributed by atoms with E-state index < -0.39 is 5.60 Å². The molecule has 114 valence electrons. The summed E-state index contributed by atoms with van der Waals surface area (Å²) in [5, 5.41) is 14.0. The van der Waals surface area contributed by atoms with Crippen LogP contribution in [0.5, 0.6) is 0 Å². The smallest absolute Gasteiger partial charge is 0.121 e. The van der Waals surface area contributed by atoms with E-state index in [0.29, 0.717) is 6.42 Å². The standard InChI is InChI=1S/C19H20OS2/c1-12(2)11-19(20)15-10-6-8-13-7-5-9-14(16(13)15)17(19)18(21-3)22-4/h5-10,20H,1,11H2,2-4H3. The molecule has 2 aromatic carbocycles. The Balaban J connectivity index is 2.42. The van der Waals surface area contributed by atoms with E-state index in [-0.39, 0.29) is 0 Å². The lowest BCUT2D eigenvalue weighted by Crippen LogP contribution is -2.24. The van der Waals surface area contributed by atoms with E-state index in [1.165, 1.54) is 15.0 Å². The zero-order valence-electron chi connectivity index (χ0n) is 13.1. The van der Waals surface area contributed by atoms with Gasteiger partial charge < -0.3 is 5.11 Å². The van der Waals surface area contributed by atoms with Crippen molar-refractivity contribution >= 4 is 39.9 Å². The fourth-order valence-corrected chi connectivity index (χ4v) is 5.07. The van der Waals surface area contributed by atoms with E-state index in [4.69, 9.17) is 0 Å². The van der Waals surface area contributed by atoms with Gasteiger partial charge in [0.15, 0.2) is 0 Å². The maximum atomic E-state index is 11.6. The molecule has 0 aromatic heterocycles. The molecular weight excluding hydrogens is 308 g/mol. The number of rotatable bonds is 4. The van der Waals surface area contributed by atoms with Gasteiger partial charge in [0.1, 0.15) is 5.60 Å². The molecule has 0 saturated heterocycles. The van der Waals surface area contributed by atoms with E-state index in [1.54, 1.807) is 23.5 Å². The van der Waals surface area contributed by atoms with Gasteiger partial charge in [0, 0.05) is 16.2 Å². The first-order valence-electron chi connectivity index (χ1n) is 7.25. The van der Waals surface area contributed by atoms with Gasteiger partial charge in [-0.25, -0.2) is 0 Å². The van der Waals surface area contributed by atoms with Crippen LogP contribution in [0.1, 0.15) is 24.5 Å². The Bertz CT molecular complexity index is 780. The van der Waals surface area contributed by atoms with Gasteiger partial charge >= 0.3 is 0 Å². The molecule has 22 heavy (non-hydrogen) atoms. The lowest BCUT2D eigenvalue weighted by Gasteiger charge is -2.28. The van der Waals surface area contributed by atoms with E-state index >= 15 is 0 Å². The zero-order valence-corrected chi connectivity index (χ0v) is 14.8. The minimum atomic E-state index is -0.976. The van der Waals surface area contributed by atoms with E-state index in [2.05, 4.69) is 49.4 Å². The highest BCUT2D eigenvalue weighted by Crippen LogP contribution is 2.55. The summed E-state index contributed by atoms with van der Waals surface area (Å²) in [7, 11) is 0. The molecule has 1 unspecified atom stereocenters. The largest absolute Gasteiger partial charge is 0.380 e. The molecule has 0 spiro atoms. The Hall–Kier alpha value is -1.16.